The maximum atomic E-state index is 5.08. The molecular formula is C33H26N2S. The van der Waals surface area contributed by atoms with Crippen LogP contribution in [0.4, 0.5) is 17.2 Å². The minimum Gasteiger partial charge on any atom is -0.292 e. The Morgan fingerprint density at radius 2 is 1.39 bits per heavy atom. The summed E-state index contributed by atoms with van der Waals surface area (Å²) < 4.78 is 0. The first-order valence-electron chi connectivity index (χ1n) is 12.5. The predicted molar refractivity (Wildman–Crippen MR) is 149 cm³/mol. The smallest absolute Gasteiger partial charge is 0.142 e. The van der Waals surface area contributed by atoms with E-state index < -0.39 is 5.41 Å². The zero-order valence-corrected chi connectivity index (χ0v) is 21.2. The number of rotatable bonds is 3. The molecule has 0 fully saturated rings. The number of anilines is 3. The van der Waals surface area contributed by atoms with Crippen LogP contribution in [0.25, 0.3) is 0 Å². The first-order valence-corrected chi connectivity index (χ1v) is 13.3. The summed E-state index contributed by atoms with van der Waals surface area (Å²) in [6.07, 6.45) is 1.93. The average molecular weight is 483 g/mol. The third kappa shape index (κ3) is 2.90. The average Bonchev–Trinajstić information content (AvgIpc) is 2.94. The summed E-state index contributed by atoms with van der Waals surface area (Å²) in [6, 6.07) is 39.9. The molecule has 0 radical (unpaired) electrons. The first kappa shape index (κ1) is 21.5. The standard InChI is InChI=1S/C33H26N2S/c1-22(2)23-18-19-29-28(21-23)35-31-26(15-9-17-30(31)36-29)33(24-11-5-3-6-12-24,25-13-7-4-8-14-25)27-16-10-20-34-32(27)35/h3-22H,1-2H3. The second kappa shape index (κ2) is 8.11. The molecule has 0 saturated heterocycles. The molecule has 0 atom stereocenters. The molecule has 0 N–H and O–H groups in total. The van der Waals surface area contributed by atoms with Gasteiger partial charge in [0.2, 0.25) is 0 Å². The van der Waals surface area contributed by atoms with Gasteiger partial charge in [0.05, 0.1) is 16.8 Å². The Bertz CT molecular complexity index is 1550. The lowest BCUT2D eigenvalue weighted by atomic mass is 9.63. The Kier molecular flexibility index (Phi) is 4.83. The van der Waals surface area contributed by atoms with Gasteiger partial charge in [0.15, 0.2) is 0 Å². The van der Waals surface area contributed by atoms with Crippen molar-refractivity contribution in [2.75, 3.05) is 4.90 Å². The zero-order chi connectivity index (χ0) is 24.3. The summed E-state index contributed by atoms with van der Waals surface area (Å²) in [5.41, 5.74) is 8.36. The zero-order valence-electron chi connectivity index (χ0n) is 20.3. The van der Waals surface area contributed by atoms with Gasteiger partial charge in [-0.15, -0.1) is 0 Å². The number of benzene rings is 4. The summed E-state index contributed by atoms with van der Waals surface area (Å²) in [5.74, 6) is 1.46. The van der Waals surface area contributed by atoms with E-state index in [9.17, 15) is 0 Å². The Balaban J connectivity index is 1.63. The van der Waals surface area contributed by atoms with Gasteiger partial charge in [0.25, 0.3) is 0 Å². The lowest BCUT2D eigenvalue weighted by Gasteiger charge is -2.47. The highest BCUT2D eigenvalue weighted by molar-refractivity contribution is 7.99. The summed E-state index contributed by atoms with van der Waals surface area (Å²) in [5, 5.41) is 0. The summed E-state index contributed by atoms with van der Waals surface area (Å²) in [7, 11) is 0. The molecule has 2 aliphatic heterocycles. The number of para-hydroxylation sites is 1. The van der Waals surface area contributed by atoms with Gasteiger partial charge in [-0.2, -0.15) is 0 Å². The third-order valence-electron chi connectivity index (χ3n) is 7.55. The van der Waals surface area contributed by atoms with E-state index >= 15 is 0 Å². The molecule has 1 aromatic heterocycles. The highest BCUT2D eigenvalue weighted by Crippen LogP contribution is 2.62. The maximum Gasteiger partial charge on any atom is 0.142 e. The van der Waals surface area contributed by atoms with Crippen LogP contribution in [0.2, 0.25) is 0 Å². The Morgan fingerprint density at radius 1 is 0.694 bits per heavy atom. The van der Waals surface area contributed by atoms with E-state index in [-0.39, 0.29) is 0 Å². The van der Waals surface area contributed by atoms with Crippen LogP contribution in [0.1, 0.15) is 47.6 Å². The van der Waals surface area contributed by atoms with Crippen LogP contribution in [0, 0.1) is 0 Å². The lowest BCUT2D eigenvalue weighted by molar-refractivity contribution is 0.718. The van der Waals surface area contributed by atoms with Gasteiger partial charge in [0, 0.05) is 21.6 Å². The fraction of sp³-hybridized carbons (Fsp3) is 0.121. The van der Waals surface area contributed by atoms with Crippen LogP contribution in [-0.4, -0.2) is 4.98 Å². The molecule has 0 spiro atoms. The third-order valence-corrected chi connectivity index (χ3v) is 8.67. The lowest BCUT2D eigenvalue weighted by Crippen LogP contribution is -2.39. The number of pyridine rings is 1. The molecule has 7 rings (SSSR count). The first-order chi connectivity index (χ1) is 17.7. The molecule has 5 aromatic rings. The van der Waals surface area contributed by atoms with Crippen LogP contribution in [-0.2, 0) is 5.41 Å². The van der Waals surface area contributed by atoms with Crippen LogP contribution >= 0.6 is 11.8 Å². The van der Waals surface area contributed by atoms with E-state index in [4.69, 9.17) is 4.98 Å². The van der Waals surface area contributed by atoms with Crippen molar-refractivity contribution in [1.29, 1.82) is 0 Å². The van der Waals surface area contributed by atoms with Crippen molar-refractivity contribution in [3.05, 3.63) is 143 Å². The molecule has 2 aliphatic rings. The molecule has 0 aliphatic carbocycles. The normalized spacial score (nSPS) is 14.7. The van der Waals surface area contributed by atoms with Crippen LogP contribution < -0.4 is 4.90 Å². The Morgan fingerprint density at radius 3 is 2.08 bits per heavy atom. The number of nitrogens with zero attached hydrogens (tertiary/aromatic N) is 2. The van der Waals surface area contributed by atoms with Crippen molar-refractivity contribution in [1.82, 2.24) is 4.98 Å². The van der Waals surface area contributed by atoms with Crippen LogP contribution in [0.15, 0.2) is 125 Å². The topological polar surface area (TPSA) is 16.1 Å². The molecule has 0 saturated carbocycles. The van der Waals surface area contributed by atoms with Crippen LogP contribution in [0.5, 0.6) is 0 Å². The van der Waals surface area contributed by atoms with Gasteiger partial charge >= 0.3 is 0 Å². The highest BCUT2D eigenvalue weighted by atomic mass is 32.2. The quantitative estimate of drug-likeness (QED) is 0.250. The van der Waals surface area contributed by atoms with E-state index in [0.29, 0.717) is 5.92 Å². The fourth-order valence-corrected chi connectivity index (χ4v) is 7.00. The van der Waals surface area contributed by atoms with Crippen molar-refractivity contribution < 1.29 is 0 Å². The van der Waals surface area contributed by atoms with Crippen molar-refractivity contribution in [3.63, 3.8) is 0 Å². The molecule has 2 nitrogen and oxygen atoms in total. The Labute approximate surface area is 216 Å². The number of fused-ring (bicyclic) bond motifs is 4. The van der Waals surface area contributed by atoms with Gasteiger partial charge in [-0.3, -0.25) is 4.90 Å². The van der Waals surface area contributed by atoms with Gasteiger partial charge < -0.3 is 0 Å². The van der Waals surface area contributed by atoms with E-state index in [2.05, 4.69) is 128 Å². The molecule has 3 heteroatoms. The largest absolute Gasteiger partial charge is 0.292 e. The van der Waals surface area contributed by atoms with Crippen molar-refractivity contribution >= 4 is 29.0 Å². The molecule has 0 bridgehead atoms. The summed E-state index contributed by atoms with van der Waals surface area (Å²) >= 11 is 1.87. The fourth-order valence-electron chi connectivity index (χ4n) is 5.93. The maximum absolute atomic E-state index is 5.08. The van der Waals surface area contributed by atoms with Crippen molar-refractivity contribution in [2.45, 2.75) is 35.0 Å². The van der Waals surface area contributed by atoms with E-state index in [1.54, 1.807) is 0 Å². The molecule has 36 heavy (non-hydrogen) atoms. The summed E-state index contributed by atoms with van der Waals surface area (Å²) in [4.78, 5) is 10.0. The van der Waals surface area contributed by atoms with Gasteiger partial charge in [-0.25, -0.2) is 4.98 Å². The molecule has 3 heterocycles. The molecule has 4 aromatic carbocycles. The molecular weight excluding hydrogens is 456 g/mol. The minimum absolute atomic E-state index is 0.456. The molecule has 174 valence electrons. The van der Waals surface area contributed by atoms with Crippen molar-refractivity contribution in [3.8, 4) is 0 Å². The van der Waals surface area contributed by atoms with Crippen molar-refractivity contribution in [2.24, 2.45) is 0 Å². The second-order valence-corrected chi connectivity index (χ2v) is 10.9. The monoisotopic (exact) mass is 482 g/mol. The van der Waals surface area contributed by atoms with Crippen LogP contribution in [0.3, 0.4) is 0 Å². The SMILES string of the molecule is CC(C)c1ccc2c(c1)N1c3ncccc3C(c3ccccc3)(c3ccccc3)c3cccc(c31)S2. The number of hydrogen-bond donors (Lipinski definition) is 0. The molecule has 0 amide bonds. The predicted octanol–water partition coefficient (Wildman–Crippen LogP) is 8.84. The molecule has 0 unspecified atom stereocenters. The second-order valence-electron chi connectivity index (χ2n) is 9.83. The summed E-state index contributed by atoms with van der Waals surface area (Å²) in [6.45, 7) is 4.52. The number of aromatic nitrogens is 1. The van der Waals surface area contributed by atoms with E-state index in [1.807, 2.05) is 18.0 Å². The minimum atomic E-state index is -0.471. The van der Waals surface area contributed by atoms with Gasteiger partial charge in [-0.1, -0.05) is 111 Å². The number of hydrogen-bond acceptors (Lipinski definition) is 3. The van der Waals surface area contributed by atoms with Gasteiger partial charge in [-0.05, 0) is 52.4 Å². The highest BCUT2D eigenvalue weighted by Gasteiger charge is 2.49. The van der Waals surface area contributed by atoms with E-state index in [0.717, 1.165) is 5.82 Å². The Hall–Kier alpha value is -3.82. The van der Waals surface area contributed by atoms with Gasteiger partial charge in [0.1, 0.15) is 5.82 Å². The van der Waals surface area contributed by atoms with E-state index in [1.165, 1.54) is 49.0 Å².